The number of hydrogen-bond acceptors (Lipinski definition) is 1. The van der Waals surface area contributed by atoms with E-state index < -0.39 is 34.5 Å². The second-order valence-electron chi connectivity index (χ2n) is 5.13. The Morgan fingerprint density at radius 3 is 2.24 bits per heavy atom. The zero-order valence-corrected chi connectivity index (χ0v) is 11.0. The molecule has 2 aromatic carbocycles. The molecule has 0 radical (unpaired) electrons. The Kier molecular flexibility index (Phi) is 3.20. The van der Waals surface area contributed by atoms with Crippen LogP contribution in [0.3, 0.4) is 0 Å². The Hall–Kier alpha value is -2.30. The van der Waals surface area contributed by atoms with Gasteiger partial charge in [0.1, 0.15) is 0 Å². The predicted octanol–water partition coefficient (Wildman–Crippen LogP) is 3.52. The molecule has 0 bridgehead atoms. The number of hydrogen-bond donors (Lipinski definition) is 1. The van der Waals surface area contributed by atoms with Crippen molar-refractivity contribution in [1.29, 1.82) is 0 Å². The van der Waals surface area contributed by atoms with Crippen LogP contribution >= 0.6 is 0 Å². The molecule has 0 saturated heterocycles. The normalized spacial score (nSPS) is 15.6. The molecular formula is C16H12F3NO. The highest BCUT2D eigenvalue weighted by atomic mass is 19.2. The maximum absolute atomic E-state index is 13.6. The maximum atomic E-state index is 13.6. The van der Waals surface area contributed by atoms with Crippen molar-refractivity contribution in [2.75, 3.05) is 0 Å². The van der Waals surface area contributed by atoms with Gasteiger partial charge in [0.2, 0.25) is 0 Å². The molecule has 0 aliphatic heterocycles. The summed E-state index contributed by atoms with van der Waals surface area (Å²) in [6, 6.07) is 11.0. The van der Waals surface area contributed by atoms with Crippen molar-refractivity contribution in [3.63, 3.8) is 0 Å². The molecule has 0 heterocycles. The van der Waals surface area contributed by atoms with Crippen molar-refractivity contribution in [2.24, 2.45) is 0 Å². The second kappa shape index (κ2) is 4.91. The fourth-order valence-corrected chi connectivity index (χ4v) is 2.35. The highest BCUT2D eigenvalue weighted by molar-refractivity contribution is 5.95. The number of carbonyl (C=O) groups excluding carboxylic acids is 1. The lowest BCUT2D eigenvalue weighted by Gasteiger charge is -2.18. The van der Waals surface area contributed by atoms with Gasteiger partial charge in [0.05, 0.1) is 11.1 Å². The number of halogens is 3. The average Bonchev–Trinajstić information content (AvgIpc) is 3.26. The van der Waals surface area contributed by atoms with E-state index in [-0.39, 0.29) is 0 Å². The average molecular weight is 291 g/mol. The van der Waals surface area contributed by atoms with Crippen molar-refractivity contribution in [3.8, 4) is 0 Å². The van der Waals surface area contributed by atoms with Crippen molar-refractivity contribution < 1.29 is 18.0 Å². The molecule has 1 aliphatic rings. The number of rotatable bonds is 3. The van der Waals surface area contributed by atoms with E-state index in [0.717, 1.165) is 30.5 Å². The Morgan fingerprint density at radius 1 is 0.952 bits per heavy atom. The summed E-state index contributed by atoms with van der Waals surface area (Å²) in [5, 5.41) is 2.72. The van der Waals surface area contributed by atoms with E-state index in [9.17, 15) is 18.0 Å². The smallest absolute Gasteiger partial charge is 0.255 e. The van der Waals surface area contributed by atoms with Gasteiger partial charge in [-0.3, -0.25) is 4.79 Å². The molecule has 5 heteroatoms. The van der Waals surface area contributed by atoms with Crippen LogP contribution < -0.4 is 5.32 Å². The summed E-state index contributed by atoms with van der Waals surface area (Å²) in [5.74, 6) is -5.15. The Balaban J connectivity index is 1.86. The molecule has 2 nitrogen and oxygen atoms in total. The molecule has 1 amide bonds. The summed E-state index contributed by atoms with van der Waals surface area (Å²) >= 11 is 0. The summed E-state index contributed by atoms with van der Waals surface area (Å²) in [6.07, 6.45) is 1.46. The van der Waals surface area contributed by atoms with Gasteiger partial charge in [-0.15, -0.1) is 0 Å². The van der Waals surface area contributed by atoms with E-state index in [4.69, 9.17) is 0 Å². The molecule has 0 spiro atoms. The van der Waals surface area contributed by atoms with Gasteiger partial charge in [-0.05, 0) is 30.5 Å². The quantitative estimate of drug-likeness (QED) is 0.861. The molecule has 1 fully saturated rings. The first-order valence-electron chi connectivity index (χ1n) is 6.55. The SMILES string of the molecule is O=C(NC1(c2ccccc2)CC1)c1ccc(F)c(F)c1F. The molecular weight excluding hydrogens is 279 g/mol. The minimum atomic E-state index is -1.63. The second-order valence-corrected chi connectivity index (χ2v) is 5.13. The lowest BCUT2D eigenvalue weighted by molar-refractivity contribution is 0.0925. The van der Waals surface area contributed by atoms with E-state index in [0.29, 0.717) is 0 Å². The van der Waals surface area contributed by atoms with Gasteiger partial charge in [0, 0.05) is 0 Å². The monoisotopic (exact) mass is 291 g/mol. The highest BCUT2D eigenvalue weighted by Crippen LogP contribution is 2.45. The zero-order valence-electron chi connectivity index (χ0n) is 11.0. The third kappa shape index (κ3) is 2.39. The van der Waals surface area contributed by atoms with E-state index >= 15 is 0 Å². The van der Waals surface area contributed by atoms with Crippen LogP contribution in [0.4, 0.5) is 13.2 Å². The minimum absolute atomic E-state index is 0.490. The van der Waals surface area contributed by atoms with Crippen LogP contribution in [0, 0.1) is 17.5 Å². The first kappa shape index (κ1) is 13.7. The number of benzene rings is 2. The number of nitrogens with one attached hydrogen (secondary N) is 1. The van der Waals surface area contributed by atoms with Crippen molar-refractivity contribution in [3.05, 3.63) is 71.0 Å². The third-order valence-corrected chi connectivity index (χ3v) is 3.71. The summed E-state index contributed by atoms with van der Waals surface area (Å²) < 4.78 is 39.7. The van der Waals surface area contributed by atoms with Gasteiger partial charge in [-0.1, -0.05) is 30.3 Å². The molecule has 108 valence electrons. The van der Waals surface area contributed by atoms with Gasteiger partial charge >= 0.3 is 0 Å². The van der Waals surface area contributed by atoms with E-state index in [2.05, 4.69) is 5.32 Å². The molecule has 0 unspecified atom stereocenters. The highest BCUT2D eigenvalue weighted by Gasteiger charge is 2.45. The summed E-state index contributed by atoms with van der Waals surface area (Å²) in [4.78, 5) is 12.1. The van der Waals surface area contributed by atoms with Gasteiger partial charge in [0.15, 0.2) is 17.5 Å². The first-order chi connectivity index (χ1) is 10.0. The van der Waals surface area contributed by atoms with E-state index in [1.807, 2.05) is 30.3 Å². The maximum Gasteiger partial charge on any atom is 0.255 e. The predicted molar refractivity (Wildman–Crippen MR) is 71.1 cm³/mol. The molecule has 21 heavy (non-hydrogen) atoms. The van der Waals surface area contributed by atoms with Crippen molar-refractivity contribution >= 4 is 5.91 Å². The Morgan fingerprint density at radius 2 is 1.62 bits per heavy atom. The van der Waals surface area contributed by atoms with Crippen LogP contribution in [0.15, 0.2) is 42.5 Å². The first-order valence-corrected chi connectivity index (χ1v) is 6.55. The molecule has 3 rings (SSSR count). The summed E-state index contributed by atoms with van der Waals surface area (Å²) in [5.41, 5.74) is -0.104. The molecule has 0 atom stereocenters. The lowest BCUT2D eigenvalue weighted by atomic mass is 10.0. The Bertz CT molecular complexity index is 696. The van der Waals surface area contributed by atoms with Crippen molar-refractivity contribution in [2.45, 2.75) is 18.4 Å². The zero-order chi connectivity index (χ0) is 15.0. The fourth-order valence-electron chi connectivity index (χ4n) is 2.35. The van der Waals surface area contributed by atoms with Crippen molar-refractivity contribution in [1.82, 2.24) is 5.32 Å². The van der Waals surface area contributed by atoms with Crippen LogP contribution in [0.1, 0.15) is 28.8 Å². The topological polar surface area (TPSA) is 29.1 Å². The Labute approximate surface area is 119 Å². The van der Waals surface area contributed by atoms with Crippen LogP contribution in [0.25, 0.3) is 0 Å². The van der Waals surface area contributed by atoms with E-state index in [1.165, 1.54) is 0 Å². The molecule has 1 aliphatic carbocycles. The molecule has 0 aromatic heterocycles. The number of carbonyl (C=O) groups is 1. The summed E-state index contributed by atoms with van der Waals surface area (Å²) in [6.45, 7) is 0. The van der Waals surface area contributed by atoms with Gasteiger partial charge in [-0.2, -0.15) is 0 Å². The lowest BCUT2D eigenvalue weighted by Crippen LogP contribution is -2.35. The molecule has 1 N–H and O–H groups in total. The summed E-state index contributed by atoms with van der Waals surface area (Å²) in [7, 11) is 0. The van der Waals surface area contributed by atoms with Gasteiger partial charge in [0.25, 0.3) is 5.91 Å². The fraction of sp³-hybridized carbons (Fsp3) is 0.188. The minimum Gasteiger partial charge on any atom is -0.342 e. The van der Waals surface area contributed by atoms with E-state index in [1.54, 1.807) is 0 Å². The van der Waals surface area contributed by atoms with Crippen LogP contribution in [-0.4, -0.2) is 5.91 Å². The standard InChI is InChI=1S/C16H12F3NO/c17-12-7-6-11(13(18)14(12)19)15(21)20-16(8-9-16)10-4-2-1-3-5-10/h1-7H,8-9H2,(H,20,21). The molecule has 2 aromatic rings. The van der Waals surface area contributed by atoms with Gasteiger partial charge < -0.3 is 5.32 Å². The van der Waals surface area contributed by atoms with Crippen LogP contribution in [0.5, 0.6) is 0 Å². The number of amides is 1. The molecule has 1 saturated carbocycles. The largest absolute Gasteiger partial charge is 0.342 e. The van der Waals surface area contributed by atoms with Crippen LogP contribution in [-0.2, 0) is 5.54 Å². The van der Waals surface area contributed by atoms with Crippen LogP contribution in [0.2, 0.25) is 0 Å². The third-order valence-electron chi connectivity index (χ3n) is 3.71. The van der Waals surface area contributed by atoms with Gasteiger partial charge in [-0.25, -0.2) is 13.2 Å².